The van der Waals surface area contributed by atoms with Crippen LogP contribution in [0.3, 0.4) is 0 Å². The lowest BCUT2D eigenvalue weighted by Crippen LogP contribution is -2.14. The predicted octanol–water partition coefficient (Wildman–Crippen LogP) is 3.24. The van der Waals surface area contributed by atoms with Crippen LogP contribution in [0.15, 0.2) is 33.2 Å². The van der Waals surface area contributed by atoms with Gasteiger partial charge in [0.1, 0.15) is 5.00 Å². The molecular formula is C11H9NO3S3. The van der Waals surface area contributed by atoms with Gasteiger partial charge in [0.15, 0.2) is 0 Å². The first-order valence-electron chi connectivity index (χ1n) is 4.94. The summed E-state index contributed by atoms with van der Waals surface area (Å²) in [7, 11) is 0. The van der Waals surface area contributed by atoms with Crippen molar-refractivity contribution in [3.63, 3.8) is 0 Å². The van der Waals surface area contributed by atoms with Crippen molar-refractivity contribution < 1.29 is 14.7 Å². The van der Waals surface area contributed by atoms with Crippen molar-refractivity contribution >= 4 is 51.3 Å². The number of hydrogen-bond donors (Lipinski definition) is 2. The van der Waals surface area contributed by atoms with E-state index in [-0.39, 0.29) is 17.2 Å². The number of thioether (sulfide) groups is 1. The lowest BCUT2D eigenvalue weighted by atomic mass is 10.3. The van der Waals surface area contributed by atoms with Crippen LogP contribution in [0.5, 0.6) is 0 Å². The van der Waals surface area contributed by atoms with Crippen LogP contribution in [0.2, 0.25) is 0 Å². The Kier molecular flexibility index (Phi) is 4.40. The van der Waals surface area contributed by atoms with Gasteiger partial charge in [-0.15, -0.1) is 34.4 Å². The fourth-order valence-electron chi connectivity index (χ4n) is 1.22. The highest BCUT2D eigenvalue weighted by atomic mass is 32.2. The summed E-state index contributed by atoms with van der Waals surface area (Å²) in [5.74, 6) is -0.951. The van der Waals surface area contributed by atoms with E-state index < -0.39 is 5.97 Å². The molecule has 0 radical (unpaired) electrons. The summed E-state index contributed by atoms with van der Waals surface area (Å²) in [5.41, 5.74) is 0.134. The monoisotopic (exact) mass is 299 g/mol. The van der Waals surface area contributed by atoms with Gasteiger partial charge in [0.25, 0.3) is 0 Å². The molecule has 0 fully saturated rings. The second kappa shape index (κ2) is 6.03. The first-order chi connectivity index (χ1) is 8.66. The van der Waals surface area contributed by atoms with Gasteiger partial charge in [-0.25, -0.2) is 4.79 Å². The highest BCUT2D eigenvalue weighted by molar-refractivity contribution is 8.01. The third-order valence-corrected chi connectivity index (χ3v) is 4.95. The molecule has 2 N–H and O–H groups in total. The van der Waals surface area contributed by atoms with E-state index >= 15 is 0 Å². The highest BCUT2D eigenvalue weighted by Crippen LogP contribution is 2.25. The van der Waals surface area contributed by atoms with E-state index in [9.17, 15) is 9.59 Å². The Morgan fingerprint density at radius 1 is 1.28 bits per heavy atom. The van der Waals surface area contributed by atoms with Crippen molar-refractivity contribution in [2.75, 3.05) is 11.1 Å². The predicted molar refractivity (Wildman–Crippen MR) is 75.0 cm³/mol. The minimum Gasteiger partial charge on any atom is -0.478 e. The van der Waals surface area contributed by atoms with Crippen molar-refractivity contribution in [3.05, 3.63) is 34.5 Å². The number of carbonyl (C=O) groups excluding carboxylic acids is 1. The number of rotatable bonds is 5. The maximum absolute atomic E-state index is 11.7. The molecule has 0 aromatic carbocycles. The van der Waals surface area contributed by atoms with Gasteiger partial charge in [0, 0.05) is 0 Å². The summed E-state index contributed by atoms with van der Waals surface area (Å²) in [5, 5.41) is 15.5. The van der Waals surface area contributed by atoms with Crippen molar-refractivity contribution in [2.45, 2.75) is 4.21 Å². The van der Waals surface area contributed by atoms with Crippen LogP contribution in [-0.2, 0) is 4.79 Å². The molecule has 2 heterocycles. The Morgan fingerprint density at radius 3 is 2.78 bits per heavy atom. The summed E-state index contributed by atoms with van der Waals surface area (Å²) in [6, 6.07) is 5.35. The molecule has 1 amide bonds. The van der Waals surface area contributed by atoms with Crippen LogP contribution in [-0.4, -0.2) is 22.7 Å². The average molecular weight is 299 g/mol. The Bertz CT molecular complexity index is 548. The molecule has 7 heteroatoms. The molecule has 0 aliphatic rings. The van der Waals surface area contributed by atoms with Gasteiger partial charge in [0.2, 0.25) is 5.91 Å². The molecule has 2 rings (SSSR count). The zero-order valence-electron chi connectivity index (χ0n) is 9.08. The molecule has 2 aromatic rings. The molecule has 2 aromatic heterocycles. The summed E-state index contributed by atoms with van der Waals surface area (Å²) in [4.78, 5) is 22.5. The molecule has 18 heavy (non-hydrogen) atoms. The second-order valence-electron chi connectivity index (χ2n) is 3.24. The number of carboxylic acids is 1. The second-order valence-corrected chi connectivity index (χ2v) is 6.38. The van der Waals surface area contributed by atoms with Gasteiger partial charge in [-0.3, -0.25) is 4.79 Å². The fraction of sp³-hybridized carbons (Fsp3) is 0.0909. The Balaban J connectivity index is 1.91. The van der Waals surface area contributed by atoms with Crippen LogP contribution in [0.25, 0.3) is 0 Å². The maximum Gasteiger partial charge on any atom is 0.338 e. The lowest BCUT2D eigenvalue weighted by molar-refractivity contribution is -0.113. The van der Waals surface area contributed by atoms with Crippen molar-refractivity contribution in [3.8, 4) is 0 Å². The van der Waals surface area contributed by atoms with Crippen LogP contribution in [0.1, 0.15) is 10.4 Å². The smallest absolute Gasteiger partial charge is 0.338 e. The number of thiophene rings is 2. The molecule has 0 unspecified atom stereocenters. The Hall–Kier alpha value is -1.31. The molecule has 0 bridgehead atoms. The Labute approximate surface area is 116 Å². The van der Waals surface area contributed by atoms with E-state index in [2.05, 4.69) is 5.32 Å². The third-order valence-electron chi connectivity index (χ3n) is 1.99. The van der Waals surface area contributed by atoms with Crippen molar-refractivity contribution in [2.24, 2.45) is 0 Å². The third kappa shape index (κ3) is 3.34. The SMILES string of the molecule is O=C(CSc1cccs1)Nc1sccc1C(=O)O. The zero-order valence-corrected chi connectivity index (χ0v) is 11.5. The average Bonchev–Trinajstić information content (AvgIpc) is 2.96. The summed E-state index contributed by atoms with van der Waals surface area (Å²) >= 11 is 4.22. The van der Waals surface area contributed by atoms with Crippen LogP contribution >= 0.6 is 34.4 Å². The lowest BCUT2D eigenvalue weighted by Gasteiger charge is -2.03. The highest BCUT2D eigenvalue weighted by Gasteiger charge is 2.13. The largest absolute Gasteiger partial charge is 0.478 e. The van der Waals surface area contributed by atoms with Gasteiger partial charge in [0.05, 0.1) is 15.5 Å². The van der Waals surface area contributed by atoms with Crippen molar-refractivity contribution in [1.29, 1.82) is 0 Å². The molecule has 0 spiro atoms. The van der Waals surface area contributed by atoms with Gasteiger partial charge >= 0.3 is 5.97 Å². The quantitative estimate of drug-likeness (QED) is 0.832. The van der Waals surface area contributed by atoms with Gasteiger partial charge in [-0.1, -0.05) is 6.07 Å². The summed E-state index contributed by atoms with van der Waals surface area (Å²) in [6.45, 7) is 0. The number of anilines is 1. The number of nitrogens with one attached hydrogen (secondary N) is 1. The van der Waals surface area contributed by atoms with E-state index in [0.717, 1.165) is 4.21 Å². The molecule has 94 valence electrons. The van der Waals surface area contributed by atoms with Crippen LogP contribution < -0.4 is 5.32 Å². The minimum atomic E-state index is -1.03. The van der Waals surface area contributed by atoms with E-state index in [0.29, 0.717) is 5.00 Å². The molecule has 0 saturated heterocycles. The van der Waals surface area contributed by atoms with Gasteiger partial charge < -0.3 is 10.4 Å². The first kappa shape index (κ1) is 13.1. The number of amides is 1. The number of carboxylic acid groups (broad SMARTS) is 1. The van der Waals surface area contributed by atoms with E-state index in [1.165, 1.54) is 29.2 Å². The first-order valence-corrected chi connectivity index (χ1v) is 7.68. The van der Waals surface area contributed by atoms with E-state index in [1.54, 1.807) is 16.7 Å². The molecular weight excluding hydrogens is 290 g/mol. The van der Waals surface area contributed by atoms with Gasteiger partial charge in [-0.2, -0.15) is 0 Å². The molecule has 0 aliphatic carbocycles. The van der Waals surface area contributed by atoms with E-state index in [4.69, 9.17) is 5.11 Å². The normalized spacial score (nSPS) is 10.2. The molecule has 0 aliphatic heterocycles. The number of hydrogen-bond acceptors (Lipinski definition) is 5. The maximum atomic E-state index is 11.7. The number of aromatic carboxylic acids is 1. The van der Waals surface area contributed by atoms with E-state index in [1.807, 2.05) is 17.5 Å². The number of carbonyl (C=O) groups is 2. The van der Waals surface area contributed by atoms with Crippen molar-refractivity contribution in [1.82, 2.24) is 0 Å². The Morgan fingerprint density at radius 2 is 2.11 bits per heavy atom. The van der Waals surface area contributed by atoms with Crippen LogP contribution in [0, 0.1) is 0 Å². The zero-order chi connectivity index (χ0) is 13.0. The van der Waals surface area contributed by atoms with Gasteiger partial charge in [-0.05, 0) is 22.9 Å². The topological polar surface area (TPSA) is 66.4 Å². The van der Waals surface area contributed by atoms with Crippen LogP contribution in [0.4, 0.5) is 5.00 Å². The fourth-order valence-corrected chi connectivity index (χ4v) is 3.60. The molecule has 4 nitrogen and oxygen atoms in total. The minimum absolute atomic E-state index is 0.134. The molecule has 0 atom stereocenters. The standard InChI is InChI=1S/C11H9NO3S3/c13-8(6-18-9-2-1-4-16-9)12-10-7(11(14)15)3-5-17-10/h1-5H,6H2,(H,12,13)(H,14,15). The molecule has 0 saturated carbocycles. The summed E-state index contributed by atoms with van der Waals surface area (Å²) < 4.78 is 1.06. The summed E-state index contributed by atoms with van der Waals surface area (Å²) in [6.07, 6.45) is 0.